The van der Waals surface area contributed by atoms with Crippen LogP contribution in [0.3, 0.4) is 0 Å². The molecule has 0 spiro atoms. The lowest BCUT2D eigenvalue weighted by atomic mass is 10.1. The maximum atomic E-state index is 12.4. The van der Waals surface area contributed by atoms with Crippen molar-refractivity contribution in [1.82, 2.24) is 4.57 Å². The summed E-state index contributed by atoms with van der Waals surface area (Å²) in [4.78, 5) is 17.0. The van der Waals surface area contributed by atoms with Crippen molar-refractivity contribution in [2.45, 2.75) is 0 Å². The molecule has 0 atom stereocenters. The first-order chi connectivity index (χ1) is 13.5. The predicted molar refractivity (Wildman–Crippen MR) is 109 cm³/mol. The van der Waals surface area contributed by atoms with Crippen LogP contribution in [0.25, 0.3) is 17.8 Å². The summed E-state index contributed by atoms with van der Waals surface area (Å²) in [6, 6.07) is 11.6. The molecule has 4 rings (SSSR count). The summed E-state index contributed by atoms with van der Waals surface area (Å²) in [6.07, 6.45) is 3.29. The van der Waals surface area contributed by atoms with Gasteiger partial charge in [0.2, 0.25) is 5.88 Å². The third kappa shape index (κ3) is 3.23. The zero-order chi connectivity index (χ0) is 19.8. The average Bonchev–Trinajstić information content (AvgIpc) is 2.96. The van der Waals surface area contributed by atoms with Crippen molar-refractivity contribution in [2.75, 3.05) is 7.11 Å². The Hall–Kier alpha value is -3.23. The second-order valence-electron chi connectivity index (χ2n) is 5.99. The van der Waals surface area contributed by atoms with E-state index >= 15 is 0 Å². The van der Waals surface area contributed by atoms with Crippen LogP contribution in [0.4, 0.5) is 0 Å². The number of methoxy groups -OCH3 is 1. The lowest BCUT2D eigenvalue weighted by molar-refractivity contribution is -0.114. The van der Waals surface area contributed by atoms with E-state index < -0.39 is 5.91 Å². The van der Waals surface area contributed by atoms with Gasteiger partial charge in [-0.15, -0.1) is 11.3 Å². The number of carbonyl (C=O) groups is 1. The highest BCUT2D eigenvalue weighted by atomic mass is 32.1. The normalized spacial score (nSPS) is 14.3. The van der Waals surface area contributed by atoms with E-state index in [0.717, 1.165) is 5.22 Å². The predicted octanol–water partition coefficient (Wildman–Crippen LogP) is 2.71. The topological polar surface area (TPSA) is 84.0 Å². The number of nitrogens with zero attached hydrogens (tertiary/aromatic N) is 2. The second-order valence-corrected chi connectivity index (χ2v) is 7.67. The van der Waals surface area contributed by atoms with E-state index in [2.05, 4.69) is 4.99 Å². The van der Waals surface area contributed by atoms with Gasteiger partial charge in [0, 0.05) is 16.9 Å². The number of aromatic nitrogens is 1. The van der Waals surface area contributed by atoms with E-state index in [9.17, 15) is 15.0 Å². The van der Waals surface area contributed by atoms with Crippen molar-refractivity contribution in [2.24, 2.45) is 4.99 Å². The fourth-order valence-corrected chi connectivity index (χ4v) is 4.12. The quantitative estimate of drug-likeness (QED) is 0.512. The van der Waals surface area contributed by atoms with Crippen LogP contribution < -0.4 is 15.3 Å². The van der Waals surface area contributed by atoms with Crippen LogP contribution in [0, 0.1) is 3.95 Å². The van der Waals surface area contributed by atoms with Crippen molar-refractivity contribution < 1.29 is 19.7 Å². The second kappa shape index (κ2) is 7.06. The van der Waals surface area contributed by atoms with E-state index in [4.69, 9.17) is 17.0 Å². The summed E-state index contributed by atoms with van der Waals surface area (Å²) in [5.41, 5.74) is 0.962. The highest BCUT2D eigenvalue weighted by Gasteiger charge is 2.16. The van der Waals surface area contributed by atoms with E-state index in [1.807, 2.05) is 6.07 Å². The van der Waals surface area contributed by atoms with Crippen molar-refractivity contribution in [3.05, 3.63) is 67.4 Å². The van der Waals surface area contributed by atoms with Gasteiger partial charge in [-0.2, -0.15) is 0 Å². The monoisotopic (exact) mass is 410 g/mol. The highest BCUT2D eigenvalue weighted by molar-refractivity contribution is 7.73. The Labute approximate surface area is 168 Å². The molecule has 0 saturated heterocycles. The van der Waals surface area contributed by atoms with Gasteiger partial charge in [0.15, 0.2) is 3.95 Å². The van der Waals surface area contributed by atoms with Crippen molar-refractivity contribution in [3.63, 3.8) is 0 Å². The molecule has 0 fully saturated rings. The molecule has 2 heterocycles. The first-order valence-electron chi connectivity index (χ1n) is 8.21. The van der Waals surface area contributed by atoms with Crippen LogP contribution in [0.2, 0.25) is 0 Å². The third-order valence-electron chi connectivity index (χ3n) is 4.22. The molecule has 1 aromatic heterocycles. The number of thiazole rings is 1. The third-order valence-corrected chi connectivity index (χ3v) is 5.53. The largest absolute Gasteiger partial charge is 0.508 e. The SMILES string of the molecule is COc1ccc2c(c1)=NC(=O)/C(=C/c1sc(=S)n(-c3ccc(O)cc3)c1O)C=2. The molecule has 0 saturated carbocycles. The standard InChI is InChI=1S/C20H14N2O4S2/c1-26-15-7-2-11-8-12(18(24)21-16(11)10-15)9-17-19(25)22(20(27)28-17)13-3-5-14(23)6-4-13/h2-10,23,25H,1H3/b12-9+. The molecule has 8 heteroatoms. The smallest absolute Gasteiger partial charge is 0.277 e. The number of phenols is 1. The minimum atomic E-state index is -0.407. The summed E-state index contributed by atoms with van der Waals surface area (Å²) < 4.78 is 7.06. The molecule has 1 aliphatic heterocycles. The zero-order valence-corrected chi connectivity index (χ0v) is 16.3. The summed E-state index contributed by atoms with van der Waals surface area (Å²) in [7, 11) is 1.55. The van der Waals surface area contributed by atoms with Crippen molar-refractivity contribution in [3.8, 4) is 23.1 Å². The number of aromatic hydroxyl groups is 2. The molecule has 0 bridgehead atoms. The molecular weight excluding hydrogens is 396 g/mol. The molecule has 1 amide bonds. The van der Waals surface area contributed by atoms with Crippen LogP contribution in [0.1, 0.15) is 4.88 Å². The van der Waals surface area contributed by atoms with E-state index in [0.29, 0.717) is 31.2 Å². The number of ether oxygens (including phenoxy) is 1. The van der Waals surface area contributed by atoms with Crippen LogP contribution >= 0.6 is 23.6 Å². The number of phenolic OH excluding ortho intramolecular Hbond substituents is 1. The van der Waals surface area contributed by atoms with Gasteiger partial charge in [0.1, 0.15) is 11.5 Å². The van der Waals surface area contributed by atoms with Crippen molar-refractivity contribution >= 4 is 41.6 Å². The molecular formula is C20H14N2O4S2. The maximum absolute atomic E-state index is 12.4. The molecule has 3 aromatic rings. The number of benzene rings is 2. The van der Waals surface area contributed by atoms with E-state index in [1.54, 1.807) is 43.5 Å². The Morgan fingerprint density at radius 2 is 1.93 bits per heavy atom. The first kappa shape index (κ1) is 18.1. The van der Waals surface area contributed by atoms with Gasteiger partial charge in [-0.25, -0.2) is 4.99 Å². The first-order valence-corrected chi connectivity index (χ1v) is 9.43. The Kier molecular flexibility index (Phi) is 4.58. The molecule has 6 nitrogen and oxygen atoms in total. The molecule has 140 valence electrons. The number of hydrogen-bond acceptors (Lipinski definition) is 6. The lowest BCUT2D eigenvalue weighted by Crippen LogP contribution is -2.30. The van der Waals surface area contributed by atoms with E-state index in [1.165, 1.54) is 28.0 Å². The summed E-state index contributed by atoms with van der Waals surface area (Å²) >= 11 is 6.54. The van der Waals surface area contributed by atoms with Gasteiger partial charge >= 0.3 is 0 Å². The molecule has 1 aliphatic rings. The molecule has 0 aliphatic carbocycles. The van der Waals surface area contributed by atoms with Gasteiger partial charge in [-0.1, -0.05) is 0 Å². The fraction of sp³-hybridized carbons (Fsp3) is 0.0500. The van der Waals surface area contributed by atoms with Crippen LogP contribution in [-0.2, 0) is 4.79 Å². The molecule has 2 aromatic carbocycles. The Morgan fingerprint density at radius 1 is 1.18 bits per heavy atom. The van der Waals surface area contributed by atoms with Gasteiger partial charge in [-0.3, -0.25) is 9.36 Å². The number of carbonyl (C=O) groups excluding carboxylic acids is 1. The Bertz CT molecular complexity index is 1300. The number of amides is 1. The molecule has 28 heavy (non-hydrogen) atoms. The number of rotatable bonds is 3. The highest BCUT2D eigenvalue weighted by Crippen LogP contribution is 2.32. The van der Waals surface area contributed by atoms with Crippen LogP contribution in [0.15, 0.2) is 53.0 Å². The van der Waals surface area contributed by atoms with Gasteiger partial charge < -0.3 is 14.9 Å². The Balaban J connectivity index is 1.80. The average molecular weight is 410 g/mol. The van der Waals surface area contributed by atoms with E-state index in [-0.39, 0.29) is 11.6 Å². The summed E-state index contributed by atoms with van der Waals surface area (Å²) in [5.74, 6) is 0.259. The molecule has 2 N–H and O–H groups in total. The van der Waals surface area contributed by atoms with Crippen LogP contribution in [0.5, 0.6) is 17.4 Å². The number of fused-ring (bicyclic) bond motifs is 1. The van der Waals surface area contributed by atoms with Gasteiger partial charge in [0.25, 0.3) is 5.91 Å². The summed E-state index contributed by atoms with van der Waals surface area (Å²) in [6.45, 7) is 0. The van der Waals surface area contributed by atoms with Crippen molar-refractivity contribution in [1.29, 1.82) is 0 Å². The number of hydrogen-bond donors (Lipinski definition) is 2. The minimum absolute atomic E-state index is 0.0742. The van der Waals surface area contributed by atoms with Gasteiger partial charge in [-0.05, 0) is 60.8 Å². The van der Waals surface area contributed by atoms with Crippen LogP contribution in [-0.4, -0.2) is 27.8 Å². The minimum Gasteiger partial charge on any atom is -0.508 e. The fourth-order valence-electron chi connectivity index (χ4n) is 2.82. The zero-order valence-electron chi connectivity index (χ0n) is 14.6. The summed E-state index contributed by atoms with van der Waals surface area (Å²) in [5, 5.41) is 21.4. The molecule has 0 radical (unpaired) electrons. The Morgan fingerprint density at radius 3 is 2.64 bits per heavy atom. The maximum Gasteiger partial charge on any atom is 0.277 e. The molecule has 0 unspecified atom stereocenters. The lowest BCUT2D eigenvalue weighted by Gasteiger charge is -2.06. The van der Waals surface area contributed by atoms with Gasteiger partial charge in [0.05, 0.1) is 23.0 Å².